The van der Waals surface area contributed by atoms with Gasteiger partial charge in [0.2, 0.25) is 5.78 Å². The second-order valence-corrected chi connectivity index (χ2v) is 6.64. The molecule has 0 unspecified atom stereocenters. The van der Waals surface area contributed by atoms with Gasteiger partial charge in [0.25, 0.3) is 5.91 Å². The topological polar surface area (TPSA) is 67.4 Å². The number of Topliss-reactive ketones (excluding diaryl/α,β-unsaturated/α-hetero) is 1. The molecule has 0 radical (unpaired) electrons. The van der Waals surface area contributed by atoms with Crippen LogP contribution in [0, 0.1) is 0 Å². The molecule has 6 heteroatoms. The smallest absolute Gasteiger partial charge is 0.253 e. The molecule has 138 valence electrons. The van der Waals surface area contributed by atoms with Gasteiger partial charge in [-0.05, 0) is 42.6 Å². The van der Waals surface area contributed by atoms with Crippen molar-refractivity contribution in [1.82, 2.24) is 5.32 Å². The third-order valence-corrected chi connectivity index (χ3v) is 4.71. The molecule has 0 fully saturated rings. The van der Waals surface area contributed by atoms with E-state index in [0.29, 0.717) is 28.5 Å². The molecule has 0 saturated carbocycles. The molecule has 1 atom stereocenters. The summed E-state index contributed by atoms with van der Waals surface area (Å²) < 4.78 is 5.61. The van der Waals surface area contributed by atoms with E-state index >= 15 is 0 Å². The minimum Gasteiger partial charge on any atom is -0.492 e. The van der Waals surface area contributed by atoms with Crippen LogP contribution in [0.2, 0.25) is 0 Å². The summed E-state index contributed by atoms with van der Waals surface area (Å²) in [6.45, 7) is 2.39. The molecule has 0 aliphatic carbocycles. The molecular formula is C21H20N2O3S. The summed E-state index contributed by atoms with van der Waals surface area (Å²) in [4.78, 5) is 26.1. The number of carbonyl (C=O) groups excluding carboxylic acids is 2. The van der Waals surface area contributed by atoms with E-state index in [1.54, 1.807) is 30.3 Å². The molecule has 3 aromatic rings. The Balaban J connectivity index is 1.86. The van der Waals surface area contributed by atoms with Gasteiger partial charge in [0, 0.05) is 5.56 Å². The number of hydrogen-bond donors (Lipinski definition) is 2. The molecular weight excluding hydrogens is 360 g/mol. The van der Waals surface area contributed by atoms with Crippen LogP contribution in [-0.4, -0.2) is 24.5 Å². The van der Waals surface area contributed by atoms with Gasteiger partial charge in [-0.2, -0.15) is 0 Å². The lowest BCUT2D eigenvalue weighted by atomic mass is 10.2. The lowest BCUT2D eigenvalue weighted by molar-refractivity contribution is 0.0871. The molecule has 3 rings (SSSR count). The Morgan fingerprint density at radius 2 is 1.74 bits per heavy atom. The second kappa shape index (κ2) is 9.00. The molecule has 0 spiro atoms. The highest BCUT2D eigenvalue weighted by Gasteiger charge is 2.24. The van der Waals surface area contributed by atoms with Crippen LogP contribution in [0.15, 0.2) is 72.1 Å². The molecule has 2 N–H and O–H groups in total. The fraction of sp³-hybridized carbons (Fsp3) is 0.143. The Morgan fingerprint density at radius 1 is 1.00 bits per heavy atom. The summed E-state index contributed by atoms with van der Waals surface area (Å²) in [5.74, 6) is 0.0884. The van der Waals surface area contributed by atoms with Crippen LogP contribution < -0.4 is 15.4 Å². The number of ether oxygens (including phenoxy) is 1. The van der Waals surface area contributed by atoms with Crippen molar-refractivity contribution in [3.05, 3.63) is 82.6 Å². The van der Waals surface area contributed by atoms with E-state index < -0.39 is 6.17 Å². The zero-order chi connectivity index (χ0) is 19.1. The van der Waals surface area contributed by atoms with Crippen molar-refractivity contribution in [2.45, 2.75) is 13.1 Å². The van der Waals surface area contributed by atoms with E-state index in [1.807, 2.05) is 48.7 Å². The number of anilines is 1. The first kappa shape index (κ1) is 18.7. The van der Waals surface area contributed by atoms with Gasteiger partial charge >= 0.3 is 0 Å². The van der Waals surface area contributed by atoms with E-state index in [9.17, 15) is 9.59 Å². The Hall–Kier alpha value is -3.12. The standard InChI is InChI=1S/C21H20N2O3S/c1-2-26-17-12-7-6-11-16(17)22-20(19(24)18-13-8-14-27-18)23-21(25)15-9-4-3-5-10-15/h3-14,20,22H,2H2,1H3,(H,23,25)/t20-/m0/s1. The summed E-state index contributed by atoms with van der Waals surface area (Å²) in [7, 11) is 0. The van der Waals surface area contributed by atoms with Crippen molar-refractivity contribution in [3.8, 4) is 5.75 Å². The van der Waals surface area contributed by atoms with Crippen molar-refractivity contribution in [1.29, 1.82) is 0 Å². The molecule has 2 aromatic carbocycles. The Bertz CT molecular complexity index is 895. The minimum atomic E-state index is -0.919. The minimum absolute atomic E-state index is 0.208. The molecule has 27 heavy (non-hydrogen) atoms. The van der Waals surface area contributed by atoms with Gasteiger partial charge in [-0.3, -0.25) is 9.59 Å². The first-order chi connectivity index (χ1) is 13.2. The van der Waals surface area contributed by atoms with Crippen molar-refractivity contribution >= 4 is 28.7 Å². The Kier molecular flexibility index (Phi) is 6.22. The van der Waals surface area contributed by atoms with Crippen LogP contribution in [0.1, 0.15) is 27.0 Å². The molecule has 5 nitrogen and oxygen atoms in total. The first-order valence-electron chi connectivity index (χ1n) is 8.61. The van der Waals surface area contributed by atoms with Gasteiger partial charge < -0.3 is 15.4 Å². The second-order valence-electron chi connectivity index (χ2n) is 5.69. The SMILES string of the molecule is CCOc1ccccc1N[C@@H](NC(=O)c1ccccc1)C(=O)c1cccs1. The van der Waals surface area contributed by atoms with Crippen LogP contribution in [0.25, 0.3) is 0 Å². The number of amides is 1. The fourth-order valence-electron chi connectivity index (χ4n) is 2.55. The number of para-hydroxylation sites is 2. The van der Waals surface area contributed by atoms with Crippen molar-refractivity contribution < 1.29 is 14.3 Å². The summed E-state index contributed by atoms with van der Waals surface area (Å²) in [6, 6.07) is 19.7. The van der Waals surface area contributed by atoms with Crippen LogP contribution >= 0.6 is 11.3 Å². The molecule has 0 aliphatic heterocycles. The van der Waals surface area contributed by atoms with Gasteiger partial charge in [-0.25, -0.2) is 0 Å². The number of carbonyl (C=O) groups is 2. The maximum absolute atomic E-state index is 12.9. The summed E-state index contributed by atoms with van der Waals surface area (Å²) in [5.41, 5.74) is 1.13. The number of thiophene rings is 1. The lowest BCUT2D eigenvalue weighted by Gasteiger charge is -2.21. The zero-order valence-corrected chi connectivity index (χ0v) is 15.7. The van der Waals surface area contributed by atoms with Gasteiger partial charge in [0.05, 0.1) is 17.2 Å². The number of ketones is 1. The average molecular weight is 380 g/mol. The largest absolute Gasteiger partial charge is 0.492 e. The molecule has 1 heterocycles. The van der Waals surface area contributed by atoms with Crippen molar-refractivity contribution in [2.24, 2.45) is 0 Å². The number of rotatable bonds is 8. The van der Waals surface area contributed by atoms with E-state index in [0.717, 1.165) is 0 Å². The Labute approximate surface area is 162 Å². The first-order valence-corrected chi connectivity index (χ1v) is 9.49. The van der Waals surface area contributed by atoms with Gasteiger partial charge in [-0.1, -0.05) is 36.4 Å². The normalized spacial score (nSPS) is 11.4. The van der Waals surface area contributed by atoms with E-state index in [-0.39, 0.29) is 11.7 Å². The van der Waals surface area contributed by atoms with Crippen LogP contribution in [0.4, 0.5) is 5.69 Å². The average Bonchev–Trinajstić information content (AvgIpc) is 3.24. The maximum atomic E-state index is 12.9. The van der Waals surface area contributed by atoms with Gasteiger partial charge in [0.15, 0.2) is 6.17 Å². The third kappa shape index (κ3) is 4.74. The highest BCUT2D eigenvalue weighted by atomic mass is 32.1. The quantitative estimate of drug-likeness (QED) is 0.454. The lowest BCUT2D eigenvalue weighted by Crippen LogP contribution is -2.46. The van der Waals surface area contributed by atoms with E-state index in [4.69, 9.17) is 4.74 Å². The van der Waals surface area contributed by atoms with Crippen molar-refractivity contribution in [2.75, 3.05) is 11.9 Å². The zero-order valence-electron chi connectivity index (χ0n) is 14.8. The Morgan fingerprint density at radius 3 is 2.44 bits per heavy atom. The van der Waals surface area contributed by atoms with E-state index in [2.05, 4.69) is 10.6 Å². The predicted molar refractivity (Wildman–Crippen MR) is 108 cm³/mol. The predicted octanol–water partition coefficient (Wildman–Crippen LogP) is 4.20. The number of hydrogen-bond acceptors (Lipinski definition) is 5. The summed E-state index contributed by atoms with van der Waals surface area (Å²) in [6.07, 6.45) is -0.919. The van der Waals surface area contributed by atoms with Crippen LogP contribution in [-0.2, 0) is 0 Å². The maximum Gasteiger partial charge on any atom is 0.253 e. The van der Waals surface area contributed by atoms with Gasteiger partial charge in [0.1, 0.15) is 5.75 Å². The van der Waals surface area contributed by atoms with Crippen molar-refractivity contribution in [3.63, 3.8) is 0 Å². The fourth-order valence-corrected chi connectivity index (χ4v) is 3.25. The number of benzene rings is 2. The van der Waals surface area contributed by atoms with Crippen LogP contribution in [0.5, 0.6) is 5.75 Å². The molecule has 0 aliphatic rings. The number of nitrogens with one attached hydrogen (secondary N) is 2. The highest BCUT2D eigenvalue weighted by Crippen LogP contribution is 2.25. The molecule has 0 bridgehead atoms. The molecule has 1 amide bonds. The molecule has 0 saturated heterocycles. The monoisotopic (exact) mass is 380 g/mol. The summed E-state index contributed by atoms with van der Waals surface area (Å²) >= 11 is 1.34. The van der Waals surface area contributed by atoms with E-state index in [1.165, 1.54) is 11.3 Å². The molecule has 1 aromatic heterocycles. The van der Waals surface area contributed by atoms with Gasteiger partial charge in [-0.15, -0.1) is 11.3 Å². The highest BCUT2D eigenvalue weighted by molar-refractivity contribution is 7.12. The van der Waals surface area contributed by atoms with Crippen LogP contribution in [0.3, 0.4) is 0 Å². The third-order valence-electron chi connectivity index (χ3n) is 3.82. The summed E-state index contributed by atoms with van der Waals surface area (Å²) in [5, 5.41) is 7.74.